The Morgan fingerprint density at radius 1 is 1.03 bits per heavy atom. The molecule has 36 heavy (non-hydrogen) atoms. The molecule has 1 aromatic carbocycles. The molecule has 0 radical (unpaired) electrons. The molecule has 1 saturated heterocycles. The van der Waals surface area contributed by atoms with Gasteiger partial charge in [-0.1, -0.05) is 18.7 Å². The molecular formula is C25H23F6N5. The van der Waals surface area contributed by atoms with Crippen LogP contribution in [-0.2, 0) is 18.8 Å². The van der Waals surface area contributed by atoms with E-state index in [1.165, 1.54) is 13.0 Å². The molecule has 2 atom stereocenters. The first-order valence-electron chi connectivity index (χ1n) is 11.5. The standard InChI is InChI=1S/C25H23F6N5/c1-12-16(7-5-8-18(12)24(26,27)28)13(2)36-15-6-4-9-20(36)21-17(10-15)22(34-14(3)33-21)23-19(11-32-35-23)25(29,30)31/h5,7-8,11,15,20H,2,4,6,9-10H2,1,3H3,(H,32,35). The predicted molar refractivity (Wildman–Crippen MR) is 120 cm³/mol. The lowest BCUT2D eigenvalue weighted by Crippen LogP contribution is -2.46. The summed E-state index contributed by atoms with van der Waals surface area (Å²) in [6.07, 6.45) is -5.80. The maximum absolute atomic E-state index is 13.6. The number of aryl methyl sites for hydroxylation is 1. The number of halogens is 6. The molecule has 1 fully saturated rings. The number of alkyl halides is 6. The van der Waals surface area contributed by atoms with Gasteiger partial charge in [-0.2, -0.15) is 31.4 Å². The highest BCUT2D eigenvalue weighted by molar-refractivity contribution is 5.69. The number of rotatable bonds is 3. The third kappa shape index (κ3) is 3.94. The molecule has 11 heteroatoms. The summed E-state index contributed by atoms with van der Waals surface area (Å²) in [5.41, 5.74) is 0.464. The van der Waals surface area contributed by atoms with Gasteiger partial charge < -0.3 is 4.90 Å². The zero-order valence-corrected chi connectivity index (χ0v) is 19.6. The van der Waals surface area contributed by atoms with Crippen LogP contribution in [0.1, 0.15) is 64.6 Å². The van der Waals surface area contributed by atoms with E-state index in [1.54, 1.807) is 13.0 Å². The Morgan fingerprint density at radius 2 is 1.75 bits per heavy atom. The molecular weight excluding hydrogens is 484 g/mol. The molecule has 2 aromatic heterocycles. The number of piperidine rings is 1. The molecule has 2 aliphatic rings. The van der Waals surface area contributed by atoms with Gasteiger partial charge in [0.2, 0.25) is 0 Å². The first-order chi connectivity index (χ1) is 16.9. The first-order valence-corrected chi connectivity index (χ1v) is 11.5. The highest BCUT2D eigenvalue weighted by Crippen LogP contribution is 2.48. The zero-order chi connectivity index (χ0) is 26.0. The smallest absolute Gasteiger partial charge is 0.360 e. The number of benzene rings is 1. The Kier molecular flexibility index (Phi) is 5.64. The topological polar surface area (TPSA) is 57.7 Å². The highest BCUT2D eigenvalue weighted by Gasteiger charge is 2.43. The third-order valence-corrected chi connectivity index (χ3v) is 7.09. The average Bonchev–Trinajstić information content (AvgIpc) is 3.28. The van der Waals surface area contributed by atoms with Crippen molar-refractivity contribution in [1.29, 1.82) is 0 Å². The van der Waals surface area contributed by atoms with Crippen molar-refractivity contribution in [2.24, 2.45) is 0 Å². The Morgan fingerprint density at radius 3 is 2.44 bits per heavy atom. The molecule has 1 N–H and O–H groups in total. The molecule has 0 aliphatic carbocycles. The van der Waals surface area contributed by atoms with Gasteiger partial charge in [-0.15, -0.1) is 0 Å². The summed E-state index contributed by atoms with van der Waals surface area (Å²) in [4.78, 5) is 11.0. The number of nitrogens with one attached hydrogen (secondary N) is 1. The number of hydrogen-bond donors (Lipinski definition) is 1. The lowest BCUT2D eigenvalue weighted by Gasteiger charge is -2.49. The molecule has 0 spiro atoms. The Labute approximate surface area is 203 Å². The normalized spacial score (nSPS) is 19.8. The molecule has 190 valence electrons. The summed E-state index contributed by atoms with van der Waals surface area (Å²) in [5.74, 6) is 0.302. The quantitative estimate of drug-likeness (QED) is 0.404. The fraction of sp³-hybridized carbons (Fsp3) is 0.400. The minimum absolute atomic E-state index is 0.0886. The van der Waals surface area contributed by atoms with Crippen LogP contribution in [0.3, 0.4) is 0 Å². The maximum Gasteiger partial charge on any atom is 0.420 e. The number of aromatic amines is 1. The predicted octanol–water partition coefficient (Wildman–Crippen LogP) is 6.64. The van der Waals surface area contributed by atoms with Gasteiger partial charge in [0.25, 0.3) is 0 Å². The van der Waals surface area contributed by atoms with Gasteiger partial charge in [-0.05, 0) is 51.2 Å². The van der Waals surface area contributed by atoms with Gasteiger partial charge in [-0.3, -0.25) is 5.10 Å². The molecule has 2 bridgehead atoms. The molecule has 3 aromatic rings. The Balaban J connectivity index is 1.62. The highest BCUT2D eigenvalue weighted by atomic mass is 19.4. The van der Waals surface area contributed by atoms with Crippen LogP contribution >= 0.6 is 0 Å². The van der Waals surface area contributed by atoms with Gasteiger partial charge in [-0.25, -0.2) is 9.97 Å². The van der Waals surface area contributed by atoms with Crippen molar-refractivity contribution in [3.05, 3.63) is 70.3 Å². The van der Waals surface area contributed by atoms with E-state index in [9.17, 15) is 26.3 Å². The molecule has 2 aliphatic heterocycles. The van der Waals surface area contributed by atoms with Crippen molar-refractivity contribution >= 4 is 5.70 Å². The van der Waals surface area contributed by atoms with Gasteiger partial charge in [0.05, 0.1) is 34.9 Å². The lowest BCUT2D eigenvalue weighted by molar-refractivity contribution is -0.138. The van der Waals surface area contributed by atoms with Crippen LogP contribution < -0.4 is 0 Å². The van der Waals surface area contributed by atoms with Crippen LogP contribution in [0.2, 0.25) is 0 Å². The number of H-pyrrole nitrogens is 1. The lowest BCUT2D eigenvalue weighted by atomic mass is 9.80. The molecule has 5 nitrogen and oxygen atoms in total. The summed E-state index contributed by atoms with van der Waals surface area (Å²) in [6, 6.07) is 3.52. The van der Waals surface area contributed by atoms with Crippen LogP contribution in [0.15, 0.2) is 31.0 Å². The minimum Gasteiger partial charge on any atom is -0.360 e. The number of aromatic nitrogens is 4. The fourth-order valence-electron chi connectivity index (χ4n) is 5.57. The summed E-state index contributed by atoms with van der Waals surface area (Å²) >= 11 is 0. The second-order valence-electron chi connectivity index (χ2n) is 9.27. The molecule has 4 heterocycles. The van der Waals surface area contributed by atoms with E-state index in [2.05, 4.69) is 26.7 Å². The van der Waals surface area contributed by atoms with Crippen molar-refractivity contribution in [3.8, 4) is 11.4 Å². The molecule has 5 rings (SSSR count). The maximum atomic E-state index is 13.6. The second-order valence-corrected chi connectivity index (χ2v) is 9.27. The van der Waals surface area contributed by atoms with Crippen LogP contribution in [-0.4, -0.2) is 31.1 Å². The van der Waals surface area contributed by atoms with E-state index in [0.29, 0.717) is 41.2 Å². The van der Waals surface area contributed by atoms with Crippen molar-refractivity contribution in [2.45, 2.75) is 64.0 Å². The second kappa shape index (κ2) is 8.35. The van der Waals surface area contributed by atoms with Crippen LogP contribution in [0.4, 0.5) is 26.3 Å². The van der Waals surface area contributed by atoms with E-state index in [-0.39, 0.29) is 29.0 Å². The number of fused-ring (bicyclic) bond motifs is 4. The van der Waals surface area contributed by atoms with Crippen molar-refractivity contribution < 1.29 is 26.3 Å². The summed E-state index contributed by atoms with van der Waals surface area (Å²) < 4.78 is 81.6. The first kappa shape index (κ1) is 24.3. The monoisotopic (exact) mass is 507 g/mol. The van der Waals surface area contributed by atoms with Gasteiger partial charge in [0, 0.05) is 22.9 Å². The average molecular weight is 507 g/mol. The van der Waals surface area contributed by atoms with E-state index in [1.807, 2.05) is 4.90 Å². The van der Waals surface area contributed by atoms with Gasteiger partial charge in [0.15, 0.2) is 0 Å². The Hall–Kier alpha value is -3.37. The van der Waals surface area contributed by atoms with E-state index in [0.717, 1.165) is 25.1 Å². The van der Waals surface area contributed by atoms with Crippen molar-refractivity contribution in [3.63, 3.8) is 0 Å². The number of nitrogens with zero attached hydrogens (tertiary/aromatic N) is 4. The van der Waals surface area contributed by atoms with Gasteiger partial charge in [0.1, 0.15) is 11.4 Å². The van der Waals surface area contributed by atoms with E-state index in [4.69, 9.17) is 0 Å². The summed E-state index contributed by atoms with van der Waals surface area (Å²) in [5, 5.41) is 6.08. The van der Waals surface area contributed by atoms with Crippen LogP contribution in [0.25, 0.3) is 17.1 Å². The van der Waals surface area contributed by atoms with Crippen molar-refractivity contribution in [1.82, 2.24) is 25.1 Å². The summed E-state index contributed by atoms with van der Waals surface area (Å²) in [6.45, 7) is 7.22. The van der Waals surface area contributed by atoms with Crippen LogP contribution in [0.5, 0.6) is 0 Å². The van der Waals surface area contributed by atoms with Gasteiger partial charge >= 0.3 is 12.4 Å². The molecule has 0 saturated carbocycles. The summed E-state index contributed by atoms with van der Waals surface area (Å²) in [7, 11) is 0. The minimum atomic E-state index is -4.61. The van der Waals surface area contributed by atoms with E-state index >= 15 is 0 Å². The largest absolute Gasteiger partial charge is 0.420 e. The zero-order valence-electron chi connectivity index (χ0n) is 19.6. The fourth-order valence-corrected chi connectivity index (χ4v) is 5.57. The Bertz CT molecular complexity index is 1340. The number of hydrogen-bond acceptors (Lipinski definition) is 4. The van der Waals surface area contributed by atoms with Crippen molar-refractivity contribution in [2.75, 3.05) is 0 Å². The van der Waals surface area contributed by atoms with Crippen LogP contribution in [0, 0.1) is 13.8 Å². The SMILES string of the molecule is C=C(c1cccc(C(F)(F)F)c1C)N1C2CCCC1c1nc(C)nc(-c3[nH]ncc3C(F)(F)F)c1C2. The van der Waals surface area contributed by atoms with E-state index < -0.39 is 23.5 Å². The third-order valence-electron chi connectivity index (χ3n) is 7.09. The molecule has 0 amide bonds. The molecule has 2 unspecified atom stereocenters.